The van der Waals surface area contributed by atoms with Gasteiger partial charge in [0.05, 0.1) is 6.61 Å². The van der Waals surface area contributed by atoms with Crippen LogP contribution in [0.25, 0.3) is 0 Å². The number of rotatable bonds is 7. The molecular formula is C21H25NO9. The third-order valence-electron chi connectivity index (χ3n) is 4.39. The average Bonchev–Trinajstić information content (AvgIpc) is 2.71. The van der Waals surface area contributed by atoms with Crippen molar-refractivity contribution in [3.05, 3.63) is 30.3 Å². The number of carbonyl (C=O) groups is 5. The van der Waals surface area contributed by atoms with Gasteiger partial charge in [0.25, 0.3) is 5.91 Å². The van der Waals surface area contributed by atoms with E-state index < -0.39 is 54.1 Å². The van der Waals surface area contributed by atoms with E-state index in [1.54, 1.807) is 30.3 Å². The third-order valence-corrected chi connectivity index (χ3v) is 4.39. The molecule has 31 heavy (non-hydrogen) atoms. The maximum atomic E-state index is 13.0. The standard InChI is InChI=1S/C21H25NO9/c1-5-16(26)20(27)22(15-9-7-6-8-10-15)21-19(31-14(4)25)18(30-13(3)24)17(11-28-21)29-12(2)23/h6-10,17-19,21H,5,11H2,1-4H3. The molecule has 0 radical (unpaired) electrons. The van der Waals surface area contributed by atoms with Crippen molar-refractivity contribution in [1.82, 2.24) is 0 Å². The molecule has 0 aliphatic carbocycles. The van der Waals surface area contributed by atoms with Gasteiger partial charge in [-0.1, -0.05) is 25.1 Å². The molecule has 1 fully saturated rings. The molecule has 1 aromatic rings. The Kier molecular flexibility index (Phi) is 8.26. The van der Waals surface area contributed by atoms with Crippen LogP contribution in [-0.2, 0) is 42.9 Å². The van der Waals surface area contributed by atoms with E-state index in [0.29, 0.717) is 5.69 Å². The van der Waals surface area contributed by atoms with Crippen molar-refractivity contribution in [2.75, 3.05) is 11.5 Å². The number of nitrogens with zero attached hydrogens (tertiary/aromatic N) is 1. The number of carbonyl (C=O) groups excluding carboxylic acids is 5. The van der Waals surface area contributed by atoms with Crippen molar-refractivity contribution < 1.29 is 42.9 Å². The summed E-state index contributed by atoms with van der Waals surface area (Å²) < 4.78 is 21.6. The molecule has 1 aliphatic rings. The zero-order valence-electron chi connectivity index (χ0n) is 17.7. The highest BCUT2D eigenvalue weighted by molar-refractivity contribution is 6.41. The molecule has 1 saturated heterocycles. The number of para-hydroxylation sites is 1. The van der Waals surface area contributed by atoms with Crippen molar-refractivity contribution in [2.45, 2.75) is 58.7 Å². The van der Waals surface area contributed by atoms with Crippen LogP contribution in [0.1, 0.15) is 34.1 Å². The van der Waals surface area contributed by atoms with Gasteiger partial charge in [0.1, 0.15) is 0 Å². The van der Waals surface area contributed by atoms with E-state index in [4.69, 9.17) is 18.9 Å². The lowest BCUT2D eigenvalue weighted by Crippen LogP contribution is -2.64. The molecule has 4 unspecified atom stereocenters. The molecule has 1 aromatic carbocycles. The highest BCUT2D eigenvalue weighted by Gasteiger charge is 2.50. The summed E-state index contributed by atoms with van der Waals surface area (Å²) in [5, 5.41) is 0. The minimum absolute atomic E-state index is 0.0590. The van der Waals surface area contributed by atoms with Gasteiger partial charge >= 0.3 is 17.9 Å². The second-order valence-corrected chi connectivity index (χ2v) is 6.81. The minimum atomic E-state index is -1.37. The Morgan fingerprint density at radius 2 is 1.45 bits per heavy atom. The second-order valence-electron chi connectivity index (χ2n) is 6.81. The second kappa shape index (κ2) is 10.7. The fourth-order valence-electron chi connectivity index (χ4n) is 3.20. The summed E-state index contributed by atoms with van der Waals surface area (Å²) in [6.45, 7) is 4.70. The molecule has 0 spiro atoms. The van der Waals surface area contributed by atoms with Crippen LogP contribution < -0.4 is 4.90 Å². The van der Waals surface area contributed by atoms with Crippen LogP contribution in [0, 0.1) is 0 Å². The Balaban J connectivity index is 2.55. The van der Waals surface area contributed by atoms with Crippen LogP contribution in [0.15, 0.2) is 30.3 Å². The number of benzene rings is 1. The fraction of sp³-hybridized carbons (Fsp3) is 0.476. The van der Waals surface area contributed by atoms with Crippen molar-refractivity contribution in [1.29, 1.82) is 0 Å². The molecule has 0 N–H and O–H groups in total. The van der Waals surface area contributed by atoms with Crippen molar-refractivity contribution in [2.24, 2.45) is 0 Å². The number of ether oxygens (including phenoxy) is 4. The van der Waals surface area contributed by atoms with Crippen LogP contribution >= 0.6 is 0 Å². The van der Waals surface area contributed by atoms with Gasteiger partial charge < -0.3 is 18.9 Å². The summed E-state index contributed by atoms with van der Waals surface area (Å²) in [7, 11) is 0. The summed E-state index contributed by atoms with van der Waals surface area (Å²) in [6.07, 6.45) is -5.09. The number of esters is 3. The van der Waals surface area contributed by atoms with Crippen LogP contribution in [0.4, 0.5) is 5.69 Å². The first-order valence-corrected chi connectivity index (χ1v) is 9.70. The van der Waals surface area contributed by atoms with Crippen LogP contribution in [0.2, 0.25) is 0 Å². The van der Waals surface area contributed by atoms with Gasteiger partial charge in [-0.05, 0) is 12.1 Å². The van der Waals surface area contributed by atoms with Crippen LogP contribution in [-0.4, -0.2) is 60.7 Å². The minimum Gasteiger partial charge on any atom is -0.456 e. The number of Topliss-reactive ketones (excluding diaryl/α,β-unsaturated/α-hetero) is 1. The lowest BCUT2D eigenvalue weighted by atomic mass is 10.0. The third kappa shape index (κ3) is 6.11. The normalized spacial score (nSPS) is 22.7. The molecule has 1 amide bonds. The van der Waals surface area contributed by atoms with Gasteiger partial charge in [0.2, 0.25) is 5.78 Å². The molecule has 0 saturated carbocycles. The fourth-order valence-corrected chi connectivity index (χ4v) is 3.20. The van der Waals surface area contributed by atoms with Gasteiger partial charge in [-0.2, -0.15) is 0 Å². The molecule has 10 nitrogen and oxygen atoms in total. The zero-order chi connectivity index (χ0) is 23.1. The van der Waals surface area contributed by atoms with E-state index in [-0.39, 0.29) is 13.0 Å². The predicted octanol–water partition coefficient (Wildman–Crippen LogP) is 1.15. The summed E-state index contributed by atoms with van der Waals surface area (Å²) in [6, 6.07) is 8.18. The highest BCUT2D eigenvalue weighted by atomic mass is 16.6. The van der Waals surface area contributed by atoms with Crippen molar-refractivity contribution in [3.8, 4) is 0 Å². The molecular weight excluding hydrogens is 410 g/mol. The Hall–Kier alpha value is -3.27. The number of ketones is 1. The Morgan fingerprint density at radius 1 is 0.903 bits per heavy atom. The molecule has 1 aliphatic heterocycles. The summed E-state index contributed by atoms with van der Waals surface area (Å²) in [5.74, 6) is -3.71. The number of hydrogen-bond acceptors (Lipinski definition) is 9. The lowest BCUT2D eigenvalue weighted by Gasteiger charge is -2.44. The van der Waals surface area contributed by atoms with E-state index >= 15 is 0 Å². The van der Waals surface area contributed by atoms with Gasteiger partial charge in [-0.25, -0.2) is 0 Å². The van der Waals surface area contributed by atoms with E-state index in [1.807, 2.05) is 0 Å². The summed E-state index contributed by atoms with van der Waals surface area (Å²) in [4.78, 5) is 61.4. The molecule has 0 bridgehead atoms. The summed E-state index contributed by atoms with van der Waals surface area (Å²) in [5.41, 5.74) is 0.309. The van der Waals surface area contributed by atoms with Crippen molar-refractivity contribution in [3.63, 3.8) is 0 Å². The zero-order valence-corrected chi connectivity index (χ0v) is 17.7. The Morgan fingerprint density at radius 3 is 1.97 bits per heavy atom. The van der Waals surface area contributed by atoms with E-state index in [2.05, 4.69) is 0 Å². The van der Waals surface area contributed by atoms with Crippen molar-refractivity contribution >= 4 is 35.3 Å². The average molecular weight is 435 g/mol. The first-order valence-electron chi connectivity index (χ1n) is 9.70. The smallest absolute Gasteiger partial charge is 0.303 e. The number of amides is 1. The molecule has 0 aromatic heterocycles. The monoisotopic (exact) mass is 435 g/mol. The summed E-state index contributed by atoms with van der Waals surface area (Å²) >= 11 is 0. The van der Waals surface area contributed by atoms with E-state index in [1.165, 1.54) is 6.92 Å². The Bertz CT molecular complexity index is 839. The van der Waals surface area contributed by atoms with Gasteiger partial charge in [-0.3, -0.25) is 28.9 Å². The molecule has 4 atom stereocenters. The molecule has 1 heterocycles. The quantitative estimate of drug-likeness (QED) is 0.352. The Labute approximate surface area is 179 Å². The molecule has 168 valence electrons. The van der Waals surface area contributed by atoms with Crippen LogP contribution in [0.3, 0.4) is 0 Å². The molecule has 2 rings (SSSR count). The highest BCUT2D eigenvalue weighted by Crippen LogP contribution is 2.30. The number of hydrogen-bond donors (Lipinski definition) is 0. The lowest BCUT2D eigenvalue weighted by molar-refractivity contribution is -0.225. The molecule has 10 heteroatoms. The maximum absolute atomic E-state index is 13.0. The topological polar surface area (TPSA) is 126 Å². The van der Waals surface area contributed by atoms with Crippen LogP contribution in [0.5, 0.6) is 0 Å². The largest absolute Gasteiger partial charge is 0.456 e. The first-order chi connectivity index (χ1) is 14.6. The first kappa shape index (κ1) is 24.0. The van der Waals surface area contributed by atoms with E-state index in [9.17, 15) is 24.0 Å². The van der Waals surface area contributed by atoms with E-state index in [0.717, 1.165) is 25.7 Å². The van der Waals surface area contributed by atoms with Gasteiger partial charge in [-0.15, -0.1) is 0 Å². The predicted molar refractivity (Wildman–Crippen MR) is 106 cm³/mol. The maximum Gasteiger partial charge on any atom is 0.303 e. The van der Waals surface area contributed by atoms with Gasteiger partial charge in [0, 0.05) is 32.9 Å². The van der Waals surface area contributed by atoms with Gasteiger partial charge in [0.15, 0.2) is 24.5 Å². The number of anilines is 1. The SMILES string of the molecule is CCC(=O)C(=O)N(c1ccccc1)C1OCC(OC(C)=O)C(OC(C)=O)C1OC(C)=O.